The summed E-state index contributed by atoms with van der Waals surface area (Å²) < 4.78 is 14.8. The van der Waals surface area contributed by atoms with E-state index in [1.165, 1.54) is 4.68 Å². The highest BCUT2D eigenvalue weighted by atomic mass is 79.9. The van der Waals surface area contributed by atoms with E-state index in [0.29, 0.717) is 34.8 Å². The molecule has 0 amide bonds. The number of aromatic nitrogens is 2. The normalized spacial score (nSPS) is 13.4. The summed E-state index contributed by atoms with van der Waals surface area (Å²) in [6, 6.07) is 9.27. The van der Waals surface area contributed by atoms with E-state index in [-0.39, 0.29) is 17.6 Å². The third kappa shape index (κ3) is 5.84. The highest BCUT2D eigenvalue weighted by Crippen LogP contribution is 2.34. The molecule has 1 heterocycles. The fourth-order valence-electron chi connectivity index (χ4n) is 3.21. The van der Waals surface area contributed by atoms with Gasteiger partial charge in [-0.1, -0.05) is 36.7 Å². The van der Waals surface area contributed by atoms with Crippen LogP contribution in [0.5, 0.6) is 11.5 Å². The Morgan fingerprint density at radius 2 is 1.85 bits per heavy atom. The lowest BCUT2D eigenvalue weighted by molar-refractivity contribution is 0.203. The molecule has 33 heavy (non-hydrogen) atoms. The van der Waals surface area contributed by atoms with Crippen molar-refractivity contribution in [2.24, 2.45) is 5.10 Å². The fourth-order valence-corrected chi connectivity index (χ4v) is 4.00. The second kappa shape index (κ2) is 11.3. The molecule has 0 spiro atoms. The van der Waals surface area contributed by atoms with Crippen molar-refractivity contribution in [2.45, 2.75) is 59.5 Å². The summed E-state index contributed by atoms with van der Waals surface area (Å²) in [5.41, 5.74) is 1.23. The summed E-state index contributed by atoms with van der Waals surface area (Å²) in [4.78, 5) is 18.1. The maximum atomic E-state index is 13.3. The molecular formula is C25H29Br2N3O3. The maximum Gasteiger partial charge on any atom is 0.282 e. The van der Waals surface area contributed by atoms with Gasteiger partial charge in [0.15, 0.2) is 11.5 Å². The number of hydrogen-bond donors (Lipinski definition) is 0. The van der Waals surface area contributed by atoms with Gasteiger partial charge in [0.1, 0.15) is 5.82 Å². The molecule has 8 heteroatoms. The Kier molecular flexibility index (Phi) is 8.70. The molecule has 0 saturated heterocycles. The van der Waals surface area contributed by atoms with Gasteiger partial charge in [-0.05, 0) is 73.0 Å². The minimum absolute atomic E-state index is 0.0651. The van der Waals surface area contributed by atoms with Crippen LogP contribution in [0.2, 0.25) is 0 Å². The first kappa shape index (κ1) is 25.4. The van der Waals surface area contributed by atoms with Crippen molar-refractivity contribution >= 4 is 49.0 Å². The fraction of sp³-hybridized carbons (Fsp3) is 0.400. The Balaban J connectivity index is 2.12. The van der Waals surface area contributed by atoms with Crippen LogP contribution in [0.1, 0.15) is 64.8 Å². The molecule has 0 saturated carbocycles. The van der Waals surface area contributed by atoms with E-state index in [1.807, 2.05) is 45.0 Å². The molecule has 176 valence electrons. The molecular weight excluding hydrogens is 550 g/mol. The molecule has 3 aromatic rings. The van der Waals surface area contributed by atoms with Crippen molar-refractivity contribution < 1.29 is 9.47 Å². The second-order valence-corrected chi connectivity index (χ2v) is 9.66. The number of ether oxygens (including phenoxy) is 2. The van der Waals surface area contributed by atoms with E-state index in [4.69, 9.17) is 14.5 Å². The molecule has 0 aliphatic carbocycles. The minimum atomic E-state index is -0.203. The lowest BCUT2D eigenvalue weighted by Gasteiger charge is -2.17. The van der Waals surface area contributed by atoms with E-state index >= 15 is 0 Å². The molecule has 2 atom stereocenters. The van der Waals surface area contributed by atoms with Crippen molar-refractivity contribution in [1.82, 2.24) is 9.66 Å². The van der Waals surface area contributed by atoms with Gasteiger partial charge in [-0.25, -0.2) is 4.98 Å². The lowest BCUT2D eigenvalue weighted by Crippen LogP contribution is -2.23. The van der Waals surface area contributed by atoms with Gasteiger partial charge in [-0.3, -0.25) is 4.79 Å². The molecule has 0 unspecified atom stereocenters. The quantitative estimate of drug-likeness (QED) is 0.259. The van der Waals surface area contributed by atoms with E-state index in [0.717, 1.165) is 27.4 Å². The van der Waals surface area contributed by atoms with E-state index in [9.17, 15) is 4.79 Å². The van der Waals surface area contributed by atoms with Gasteiger partial charge in [-0.15, -0.1) is 0 Å². The van der Waals surface area contributed by atoms with Gasteiger partial charge in [0, 0.05) is 20.4 Å². The van der Waals surface area contributed by atoms with Gasteiger partial charge in [0.2, 0.25) is 0 Å². The molecule has 0 radical (unpaired) electrons. The predicted octanol–water partition coefficient (Wildman–Crippen LogP) is 6.89. The average Bonchev–Trinajstić information content (AvgIpc) is 2.80. The Morgan fingerprint density at radius 3 is 2.52 bits per heavy atom. The first-order chi connectivity index (χ1) is 15.8. The summed E-state index contributed by atoms with van der Waals surface area (Å²) in [7, 11) is 0. The third-order valence-corrected chi connectivity index (χ3v) is 6.64. The number of nitrogens with zero attached hydrogens (tertiary/aromatic N) is 3. The summed E-state index contributed by atoms with van der Waals surface area (Å²) in [5, 5.41) is 5.08. The Bertz CT molecular complexity index is 1220. The maximum absolute atomic E-state index is 13.3. The standard InChI is InChI=1S/C25H29Br2N3O3/c1-6-15(4)24-29-21-10-9-18(26)12-19(21)25(31)30(24)28-14-17-11-22(32-8-3)23(13-20(17)27)33-16(5)7-2/h9-16H,6-8H2,1-5H3/t15-,16+/m0/s1. The molecule has 0 aliphatic rings. The lowest BCUT2D eigenvalue weighted by atomic mass is 10.1. The molecule has 0 fully saturated rings. The van der Waals surface area contributed by atoms with Crippen LogP contribution in [-0.2, 0) is 0 Å². The van der Waals surface area contributed by atoms with Crippen LogP contribution in [0, 0.1) is 0 Å². The number of hydrogen-bond acceptors (Lipinski definition) is 5. The van der Waals surface area contributed by atoms with E-state index < -0.39 is 0 Å². The van der Waals surface area contributed by atoms with Crippen LogP contribution in [0.4, 0.5) is 0 Å². The Morgan fingerprint density at radius 1 is 1.09 bits per heavy atom. The molecule has 0 N–H and O–H groups in total. The summed E-state index contributed by atoms with van der Waals surface area (Å²) >= 11 is 7.05. The van der Waals surface area contributed by atoms with Crippen LogP contribution in [0.25, 0.3) is 10.9 Å². The van der Waals surface area contributed by atoms with Gasteiger partial charge in [-0.2, -0.15) is 9.78 Å². The van der Waals surface area contributed by atoms with Gasteiger partial charge in [0.05, 0.1) is 29.8 Å². The van der Waals surface area contributed by atoms with Crippen LogP contribution in [-0.4, -0.2) is 28.6 Å². The van der Waals surface area contributed by atoms with E-state index in [2.05, 4.69) is 50.8 Å². The third-order valence-electron chi connectivity index (χ3n) is 5.46. The van der Waals surface area contributed by atoms with Crippen LogP contribution in [0.3, 0.4) is 0 Å². The van der Waals surface area contributed by atoms with Gasteiger partial charge >= 0.3 is 0 Å². The number of rotatable bonds is 9. The minimum Gasteiger partial charge on any atom is -0.490 e. The van der Waals surface area contributed by atoms with Crippen molar-refractivity contribution in [3.8, 4) is 11.5 Å². The number of fused-ring (bicyclic) bond motifs is 1. The second-order valence-electron chi connectivity index (χ2n) is 7.89. The molecule has 0 aliphatic heterocycles. The summed E-state index contributed by atoms with van der Waals surface area (Å²) in [6.07, 6.45) is 3.44. The molecule has 1 aromatic heterocycles. The van der Waals surface area contributed by atoms with Gasteiger partial charge in [0.25, 0.3) is 5.56 Å². The first-order valence-corrected chi connectivity index (χ1v) is 12.8. The highest BCUT2D eigenvalue weighted by molar-refractivity contribution is 9.10. The number of halogens is 2. The zero-order chi connectivity index (χ0) is 24.1. The molecule has 3 rings (SSSR count). The SMILES string of the molecule is CCOc1cc(C=Nn2c([C@@H](C)CC)nc3ccc(Br)cc3c2=O)c(Br)cc1O[C@H](C)CC. The molecule has 2 aromatic carbocycles. The van der Waals surface area contributed by atoms with Gasteiger partial charge < -0.3 is 9.47 Å². The monoisotopic (exact) mass is 577 g/mol. The van der Waals surface area contributed by atoms with Crippen molar-refractivity contribution in [3.63, 3.8) is 0 Å². The van der Waals surface area contributed by atoms with Crippen LogP contribution in [0.15, 0.2) is 49.2 Å². The number of benzene rings is 2. The van der Waals surface area contributed by atoms with Crippen LogP contribution >= 0.6 is 31.9 Å². The predicted molar refractivity (Wildman–Crippen MR) is 141 cm³/mol. The average molecular weight is 579 g/mol. The Hall–Kier alpha value is -2.19. The topological polar surface area (TPSA) is 65.7 Å². The molecule has 0 bridgehead atoms. The smallest absolute Gasteiger partial charge is 0.282 e. The van der Waals surface area contributed by atoms with Crippen molar-refractivity contribution in [1.29, 1.82) is 0 Å². The summed E-state index contributed by atoms with van der Waals surface area (Å²) in [5.74, 6) is 2.01. The Labute approximate surface area is 211 Å². The zero-order valence-corrected chi connectivity index (χ0v) is 22.7. The summed E-state index contributed by atoms with van der Waals surface area (Å²) in [6.45, 7) is 10.6. The highest BCUT2D eigenvalue weighted by Gasteiger charge is 2.17. The zero-order valence-electron chi connectivity index (χ0n) is 19.6. The van der Waals surface area contributed by atoms with Crippen LogP contribution < -0.4 is 15.0 Å². The van der Waals surface area contributed by atoms with E-state index in [1.54, 1.807) is 12.3 Å². The van der Waals surface area contributed by atoms with Crippen molar-refractivity contribution in [2.75, 3.05) is 6.61 Å². The molecule has 6 nitrogen and oxygen atoms in total. The largest absolute Gasteiger partial charge is 0.490 e. The first-order valence-electron chi connectivity index (χ1n) is 11.2. The van der Waals surface area contributed by atoms with Crippen molar-refractivity contribution in [3.05, 3.63) is 61.0 Å².